The summed E-state index contributed by atoms with van der Waals surface area (Å²) < 4.78 is 0. The lowest BCUT2D eigenvalue weighted by Crippen LogP contribution is -2.36. The fraction of sp³-hybridized carbons (Fsp3) is 0.462. The van der Waals surface area contributed by atoms with Crippen molar-refractivity contribution in [2.45, 2.75) is 37.7 Å². The molecule has 0 saturated heterocycles. The number of carboxylic acid groups (broad SMARTS) is 1. The van der Waals surface area contributed by atoms with Gasteiger partial charge in [0, 0.05) is 0 Å². The van der Waals surface area contributed by atoms with Gasteiger partial charge in [-0.15, -0.1) is 0 Å². The largest absolute Gasteiger partial charge is 0.479 e. The summed E-state index contributed by atoms with van der Waals surface area (Å²) in [5, 5.41) is 18.7. The van der Waals surface area contributed by atoms with Gasteiger partial charge in [0.2, 0.25) is 0 Å². The number of hydrogen-bond acceptors (Lipinski definition) is 2. The van der Waals surface area contributed by atoms with E-state index in [1.807, 2.05) is 18.2 Å². The molecule has 0 fully saturated rings. The Hall–Kier alpha value is -1.35. The van der Waals surface area contributed by atoms with Crippen molar-refractivity contribution in [1.82, 2.24) is 0 Å². The van der Waals surface area contributed by atoms with E-state index in [4.69, 9.17) is 5.11 Å². The Morgan fingerprint density at radius 1 is 1.50 bits per heavy atom. The van der Waals surface area contributed by atoms with Crippen LogP contribution in [0.3, 0.4) is 0 Å². The van der Waals surface area contributed by atoms with Crippen LogP contribution in [0.1, 0.15) is 36.8 Å². The Balaban J connectivity index is 2.18. The number of aliphatic hydroxyl groups is 1. The second kappa shape index (κ2) is 3.91. The molecular weight excluding hydrogens is 204 g/mol. The first-order valence-electron chi connectivity index (χ1n) is 5.54. The lowest BCUT2D eigenvalue weighted by Gasteiger charge is -2.22. The lowest BCUT2D eigenvalue weighted by molar-refractivity contribution is -0.157. The molecule has 0 aliphatic heterocycles. The molecule has 0 radical (unpaired) electrons. The molecule has 2 rings (SSSR count). The summed E-state index contributed by atoms with van der Waals surface area (Å²) in [7, 11) is 0. The van der Waals surface area contributed by atoms with E-state index in [0.29, 0.717) is 6.42 Å². The smallest absolute Gasteiger partial charge is 0.335 e. The van der Waals surface area contributed by atoms with Crippen LogP contribution in [0.2, 0.25) is 0 Å². The van der Waals surface area contributed by atoms with Crippen LogP contribution < -0.4 is 0 Å². The van der Waals surface area contributed by atoms with Gasteiger partial charge in [0.15, 0.2) is 5.60 Å². The topological polar surface area (TPSA) is 57.5 Å². The molecule has 16 heavy (non-hydrogen) atoms. The number of aliphatic carboxylic acids is 1. The third kappa shape index (κ3) is 1.95. The molecule has 1 aromatic rings. The molecule has 3 nitrogen and oxygen atoms in total. The highest BCUT2D eigenvalue weighted by molar-refractivity contribution is 5.76. The first kappa shape index (κ1) is 11.1. The molecule has 1 aliphatic rings. The van der Waals surface area contributed by atoms with Gasteiger partial charge in [0.05, 0.1) is 0 Å². The zero-order valence-electron chi connectivity index (χ0n) is 9.31. The van der Waals surface area contributed by atoms with Crippen molar-refractivity contribution in [3.63, 3.8) is 0 Å². The van der Waals surface area contributed by atoms with E-state index >= 15 is 0 Å². The highest BCUT2D eigenvalue weighted by Gasteiger charge is 2.35. The van der Waals surface area contributed by atoms with Crippen LogP contribution in [0.15, 0.2) is 24.3 Å². The number of carboxylic acids is 1. The van der Waals surface area contributed by atoms with Gasteiger partial charge < -0.3 is 10.2 Å². The van der Waals surface area contributed by atoms with Crippen LogP contribution in [-0.4, -0.2) is 21.8 Å². The predicted molar refractivity (Wildman–Crippen MR) is 60.4 cm³/mol. The van der Waals surface area contributed by atoms with Crippen molar-refractivity contribution in [3.8, 4) is 0 Å². The normalized spacial score (nSPS) is 22.5. The zero-order valence-corrected chi connectivity index (χ0v) is 9.31. The van der Waals surface area contributed by atoms with Crippen LogP contribution in [0, 0.1) is 0 Å². The van der Waals surface area contributed by atoms with E-state index in [1.165, 1.54) is 18.1 Å². The molecular formula is C13H16O3. The molecule has 1 aliphatic carbocycles. The van der Waals surface area contributed by atoms with Crippen LogP contribution in [0.4, 0.5) is 0 Å². The Kier molecular flexibility index (Phi) is 2.72. The number of rotatable bonds is 3. The van der Waals surface area contributed by atoms with Gasteiger partial charge in [-0.1, -0.05) is 24.3 Å². The minimum Gasteiger partial charge on any atom is -0.479 e. The molecule has 86 valence electrons. The number of fused-ring (bicyclic) bond motifs is 1. The van der Waals surface area contributed by atoms with Gasteiger partial charge in [-0.3, -0.25) is 0 Å². The maximum absolute atomic E-state index is 10.9. The maximum Gasteiger partial charge on any atom is 0.335 e. The summed E-state index contributed by atoms with van der Waals surface area (Å²) in [5.41, 5.74) is 0.861. The SMILES string of the molecule is CC(O)(CC1CCc2ccccc21)C(=O)O. The third-order valence-corrected chi connectivity index (χ3v) is 3.36. The summed E-state index contributed by atoms with van der Waals surface area (Å²) in [6.45, 7) is 1.37. The zero-order chi connectivity index (χ0) is 11.8. The van der Waals surface area contributed by atoms with Gasteiger partial charge in [0.25, 0.3) is 0 Å². The molecule has 0 bridgehead atoms. The molecule has 0 amide bonds. The first-order chi connectivity index (χ1) is 7.50. The molecule has 1 aromatic carbocycles. The molecule has 0 saturated carbocycles. The van der Waals surface area contributed by atoms with E-state index in [9.17, 15) is 9.90 Å². The van der Waals surface area contributed by atoms with Crippen LogP contribution >= 0.6 is 0 Å². The van der Waals surface area contributed by atoms with Crippen molar-refractivity contribution in [1.29, 1.82) is 0 Å². The van der Waals surface area contributed by atoms with E-state index in [1.54, 1.807) is 0 Å². The van der Waals surface area contributed by atoms with Gasteiger partial charge in [-0.2, -0.15) is 0 Å². The standard InChI is InChI=1S/C13H16O3/c1-13(16,12(14)15)8-10-7-6-9-4-2-3-5-11(9)10/h2-5,10,16H,6-8H2,1H3,(H,14,15). The van der Waals surface area contributed by atoms with Crippen molar-refractivity contribution >= 4 is 5.97 Å². The van der Waals surface area contributed by atoms with Crippen LogP contribution in [0.5, 0.6) is 0 Å². The Morgan fingerprint density at radius 2 is 2.19 bits per heavy atom. The van der Waals surface area contributed by atoms with Gasteiger partial charge in [-0.25, -0.2) is 4.79 Å². The minimum atomic E-state index is -1.62. The van der Waals surface area contributed by atoms with E-state index in [2.05, 4.69) is 6.07 Å². The third-order valence-electron chi connectivity index (χ3n) is 3.36. The minimum absolute atomic E-state index is 0.169. The number of benzene rings is 1. The highest BCUT2D eigenvalue weighted by atomic mass is 16.4. The fourth-order valence-corrected chi connectivity index (χ4v) is 2.42. The predicted octanol–water partition coefficient (Wildman–Crippen LogP) is 1.94. The fourth-order valence-electron chi connectivity index (χ4n) is 2.42. The van der Waals surface area contributed by atoms with Crippen molar-refractivity contribution in [2.24, 2.45) is 0 Å². The number of carbonyl (C=O) groups is 1. The van der Waals surface area contributed by atoms with E-state index in [-0.39, 0.29) is 5.92 Å². The van der Waals surface area contributed by atoms with Gasteiger partial charge in [-0.05, 0) is 43.2 Å². The number of hydrogen-bond donors (Lipinski definition) is 2. The first-order valence-corrected chi connectivity index (χ1v) is 5.54. The second-order valence-electron chi connectivity index (χ2n) is 4.72. The Morgan fingerprint density at radius 3 is 2.88 bits per heavy atom. The Bertz CT molecular complexity index is 409. The van der Waals surface area contributed by atoms with Gasteiger partial charge in [0.1, 0.15) is 0 Å². The maximum atomic E-state index is 10.9. The molecule has 0 aromatic heterocycles. The second-order valence-corrected chi connectivity index (χ2v) is 4.72. The number of aryl methyl sites for hydroxylation is 1. The van der Waals surface area contributed by atoms with Crippen LogP contribution in [0.25, 0.3) is 0 Å². The molecule has 3 heteroatoms. The molecule has 2 unspecified atom stereocenters. The average molecular weight is 220 g/mol. The molecule has 0 heterocycles. The van der Waals surface area contributed by atoms with Crippen molar-refractivity contribution in [3.05, 3.63) is 35.4 Å². The quantitative estimate of drug-likeness (QED) is 0.818. The monoisotopic (exact) mass is 220 g/mol. The summed E-state index contributed by atoms with van der Waals surface area (Å²) >= 11 is 0. The van der Waals surface area contributed by atoms with Crippen molar-refractivity contribution < 1.29 is 15.0 Å². The van der Waals surface area contributed by atoms with E-state index < -0.39 is 11.6 Å². The Labute approximate surface area is 94.7 Å². The summed E-state index contributed by atoms with van der Waals surface area (Å²) in [4.78, 5) is 10.9. The molecule has 2 atom stereocenters. The molecule has 2 N–H and O–H groups in total. The lowest BCUT2D eigenvalue weighted by atomic mass is 9.88. The summed E-state index contributed by atoms with van der Waals surface area (Å²) in [6.07, 6.45) is 2.21. The summed E-state index contributed by atoms with van der Waals surface area (Å²) in [6, 6.07) is 8.07. The van der Waals surface area contributed by atoms with Crippen LogP contribution in [-0.2, 0) is 11.2 Å². The van der Waals surface area contributed by atoms with Crippen molar-refractivity contribution in [2.75, 3.05) is 0 Å². The molecule has 0 spiro atoms. The van der Waals surface area contributed by atoms with Gasteiger partial charge >= 0.3 is 5.97 Å². The summed E-state index contributed by atoms with van der Waals surface area (Å²) in [5.74, 6) is -0.973. The van der Waals surface area contributed by atoms with E-state index in [0.717, 1.165) is 12.8 Å². The highest BCUT2D eigenvalue weighted by Crippen LogP contribution is 2.38. The average Bonchev–Trinajstić information content (AvgIpc) is 2.61.